The van der Waals surface area contributed by atoms with E-state index in [9.17, 15) is 5.11 Å². The molecule has 1 aliphatic rings. The van der Waals surface area contributed by atoms with Gasteiger partial charge in [-0.3, -0.25) is 4.90 Å². The third-order valence-electron chi connectivity index (χ3n) is 4.10. The van der Waals surface area contributed by atoms with Crippen LogP contribution in [0.25, 0.3) is 0 Å². The zero-order valence-electron chi connectivity index (χ0n) is 12.1. The van der Waals surface area contributed by atoms with Crippen molar-refractivity contribution in [2.24, 2.45) is 0 Å². The van der Waals surface area contributed by atoms with Crippen LogP contribution in [0.15, 0.2) is 22.7 Å². The van der Waals surface area contributed by atoms with Crippen molar-refractivity contribution in [3.63, 3.8) is 0 Å². The van der Waals surface area contributed by atoms with Gasteiger partial charge in [-0.25, -0.2) is 0 Å². The minimum atomic E-state index is 0.220. The quantitative estimate of drug-likeness (QED) is 0.858. The molecular weight excluding hydrogens is 318 g/mol. The first-order valence-electron chi connectivity index (χ1n) is 7.42. The maximum absolute atomic E-state index is 9.34. The molecule has 1 aromatic carbocycles. The van der Waals surface area contributed by atoms with Crippen molar-refractivity contribution in [3.8, 4) is 5.75 Å². The van der Waals surface area contributed by atoms with Gasteiger partial charge in [0, 0.05) is 23.6 Å². The molecule has 0 spiro atoms. The Kier molecular flexibility index (Phi) is 6.33. The van der Waals surface area contributed by atoms with E-state index in [2.05, 4.69) is 26.9 Å². The SMILES string of the molecule is COc1ccc(Br)c(CN(CCO)C2CCCCC2)c1. The Morgan fingerprint density at radius 1 is 1.30 bits per heavy atom. The van der Waals surface area contributed by atoms with Gasteiger partial charge in [0.1, 0.15) is 5.75 Å². The summed E-state index contributed by atoms with van der Waals surface area (Å²) in [5, 5.41) is 9.34. The molecule has 0 unspecified atom stereocenters. The second-order valence-corrected chi connectivity index (χ2v) is 6.30. The van der Waals surface area contributed by atoms with Crippen LogP contribution in [0.4, 0.5) is 0 Å². The molecule has 0 atom stereocenters. The molecule has 1 N–H and O–H groups in total. The van der Waals surface area contributed by atoms with Crippen LogP contribution in [-0.4, -0.2) is 36.3 Å². The summed E-state index contributed by atoms with van der Waals surface area (Å²) in [5.41, 5.74) is 1.23. The topological polar surface area (TPSA) is 32.7 Å². The first kappa shape index (κ1) is 15.8. The van der Waals surface area contributed by atoms with Gasteiger partial charge in [-0.05, 0) is 36.6 Å². The lowest BCUT2D eigenvalue weighted by atomic mass is 9.94. The van der Waals surface area contributed by atoms with E-state index >= 15 is 0 Å². The Morgan fingerprint density at radius 3 is 2.70 bits per heavy atom. The zero-order valence-corrected chi connectivity index (χ0v) is 13.7. The van der Waals surface area contributed by atoms with Gasteiger partial charge in [0.05, 0.1) is 13.7 Å². The summed E-state index contributed by atoms with van der Waals surface area (Å²) in [6, 6.07) is 6.68. The van der Waals surface area contributed by atoms with Gasteiger partial charge in [0.15, 0.2) is 0 Å². The number of halogens is 1. The monoisotopic (exact) mass is 341 g/mol. The van der Waals surface area contributed by atoms with Gasteiger partial charge in [-0.1, -0.05) is 35.2 Å². The maximum atomic E-state index is 9.34. The number of ether oxygens (including phenoxy) is 1. The molecule has 0 aliphatic heterocycles. The fraction of sp³-hybridized carbons (Fsp3) is 0.625. The molecule has 20 heavy (non-hydrogen) atoms. The second-order valence-electron chi connectivity index (χ2n) is 5.44. The minimum absolute atomic E-state index is 0.220. The predicted octanol–water partition coefficient (Wildman–Crippen LogP) is 3.58. The van der Waals surface area contributed by atoms with Crippen LogP contribution in [0.2, 0.25) is 0 Å². The standard InChI is InChI=1S/C16H24BrNO2/c1-20-15-7-8-16(17)13(11-15)12-18(9-10-19)14-5-3-2-4-6-14/h7-8,11,14,19H,2-6,9-10,12H2,1H3. The van der Waals surface area contributed by atoms with Crippen molar-refractivity contribution < 1.29 is 9.84 Å². The largest absolute Gasteiger partial charge is 0.497 e. The highest BCUT2D eigenvalue weighted by Crippen LogP contribution is 2.28. The highest BCUT2D eigenvalue weighted by molar-refractivity contribution is 9.10. The van der Waals surface area contributed by atoms with E-state index in [1.165, 1.54) is 37.7 Å². The first-order chi connectivity index (χ1) is 9.74. The zero-order chi connectivity index (χ0) is 14.4. The summed E-state index contributed by atoms with van der Waals surface area (Å²) in [6.45, 7) is 1.83. The van der Waals surface area contributed by atoms with Crippen LogP contribution >= 0.6 is 15.9 Å². The van der Waals surface area contributed by atoms with Crippen molar-refractivity contribution in [1.29, 1.82) is 0 Å². The van der Waals surface area contributed by atoms with E-state index in [0.717, 1.165) is 23.3 Å². The van der Waals surface area contributed by atoms with Crippen molar-refractivity contribution in [2.75, 3.05) is 20.3 Å². The summed E-state index contributed by atoms with van der Waals surface area (Å²) < 4.78 is 6.42. The van der Waals surface area contributed by atoms with Crippen LogP contribution < -0.4 is 4.74 Å². The lowest BCUT2D eigenvalue weighted by molar-refractivity contribution is 0.117. The summed E-state index contributed by atoms with van der Waals surface area (Å²) in [6.07, 6.45) is 6.48. The minimum Gasteiger partial charge on any atom is -0.497 e. The Labute approximate surface area is 130 Å². The van der Waals surface area contributed by atoms with Gasteiger partial charge in [-0.15, -0.1) is 0 Å². The molecule has 0 aromatic heterocycles. The van der Waals surface area contributed by atoms with E-state index in [1.807, 2.05) is 12.1 Å². The predicted molar refractivity (Wildman–Crippen MR) is 85.1 cm³/mol. The molecule has 0 amide bonds. The highest BCUT2D eigenvalue weighted by Gasteiger charge is 2.21. The van der Waals surface area contributed by atoms with E-state index in [0.29, 0.717) is 6.04 Å². The molecule has 1 aliphatic carbocycles. The Balaban J connectivity index is 2.10. The van der Waals surface area contributed by atoms with Gasteiger partial charge in [0.25, 0.3) is 0 Å². The lowest BCUT2D eigenvalue weighted by Gasteiger charge is -2.34. The third kappa shape index (κ3) is 4.21. The highest BCUT2D eigenvalue weighted by atomic mass is 79.9. The number of aliphatic hydroxyl groups excluding tert-OH is 1. The van der Waals surface area contributed by atoms with E-state index < -0.39 is 0 Å². The molecule has 112 valence electrons. The van der Waals surface area contributed by atoms with Gasteiger partial charge < -0.3 is 9.84 Å². The smallest absolute Gasteiger partial charge is 0.119 e. The van der Waals surface area contributed by atoms with Crippen molar-refractivity contribution in [3.05, 3.63) is 28.2 Å². The fourth-order valence-corrected chi connectivity index (χ4v) is 3.36. The van der Waals surface area contributed by atoms with Crippen molar-refractivity contribution in [2.45, 2.75) is 44.7 Å². The van der Waals surface area contributed by atoms with Gasteiger partial charge in [-0.2, -0.15) is 0 Å². The Bertz CT molecular complexity index is 419. The fourth-order valence-electron chi connectivity index (χ4n) is 2.98. The number of methoxy groups -OCH3 is 1. The number of aliphatic hydroxyl groups is 1. The molecule has 0 bridgehead atoms. The molecule has 0 radical (unpaired) electrons. The summed E-state index contributed by atoms with van der Waals surface area (Å²) in [4.78, 5) is 2.42. The molecule has 1 saturated carbocycles. The number of hydrogen-bond donors (Lipinski definition) is 1. The molecule has 0 saturated heterocycles. The van der Waals surface area contributed by atoms with E-state index in [4.69, 9.17) is 4.74 Å². The van der Waals surface area contributed by atoms with Crippen LogP contribution in [0.5, 0.6) is 5.75 Å². The third-order valence-corrected chi connectivity index (χ3v) is 4.88. The van der Waals surface area contributed by atoms with Gasteiger partial charge >= 0.3 is 0 Å². The van der Waals surface area contributed by atoms with Crippen LogP contribution in [0.1, 0.15) is 37.7 Å². The maximum Gasteiger partial charge on any atom is 0.119 e. The van der Waals surface area contributed by atoms with Crippen molar-refractivity contribution >= 4 is 15.9 Å². The number of nitrogens with zero attached hydrogens (tertiary/aromatic N) is 1. The Morgan fingerprint density at radius 2 is 2.05 bits per heavy atom. The normalized spacial score (nSPS) is 16.6. The molecule has 1 fully saturated rings. The molecular formula is C16H24BrNO2. The van der Waals surface area contributed by atoms with Crippen LogP contribution in [-0.2, 0) is 6.54 Å². The summed E-state index contributed by atoms with van der Waals surface area (Å²) in [5.74, 6) is 0.885. The van der Waals surface area contributed by atoms with Crippen LogP contribution in [0.3, 0.4) is 0 Å². The second kappa shape index (κ2) is 8.01. The molecule has 4 heteroatoms. The average molecular weight is 342 g/mol. The van der Waals surface area contributed by atoms with Crippen molar-refractivity contribution in [1.82, 2.24) is 4.90 Å². The Hall–Kier alpha value is -0.580. The number of hydrogen-bond acceptors (Lipinski definition) is 3. The first-order valence-corrected chi connectivity index (χ1v) is 8.21. The molecule has 0 heterocycles. The van der Waals surface area contributed by atoms with Crippen LogP contribution in [0, 0.1) is 0 Å². The van der Waals surface area contributed by atoms with Gasteiger partial charge in [0.2, 0.25) is 0 Å². The summed E-state index contributed by atoms with van der Waals surface area (Å²) in [7, 11) is 1.69. The average Bonchev–Trinajstić information content (AvgIpc) is 2.49. The lowest BCUT2D eigenvalue weighted by Crippen LogP contribution is -2.38. The summed E-state index contributed by atoms with van der Waals surface area (Å²) >= 11 is 3.62. The van der Waals surface area contributed by atoms with E-state index in [1.54, 1.807) is 7.11 Å². The van der Waals surface area contributed by atoms with E-state index in [-0.39, 0.29) is 6.61 Å². The number of rotatable bonds is 6. The molecule has 3 nitrogen and oxygen atoms in total. The molecule has 1 aromatic rings. The number of benzene rings is 1. The molecule has 2 rings (SSSR count).